The summed E-state index contributed by atoms with van der Waals surface area (Å²) in [6.07, 6.45) is 1.76. The molecule has 1 aromatic carbocycles. The first-order valence-electron chi connectivity index (χ1n) is 7.61. The standard InChI is InChI=1S/C16H16ClN5O2S/c1-3-22-12-7-5-4-6-11(12)20-15(22)10(8-18)14-13(25(2,23)24)9-19-16(17)21-14/h4-7,9-10,15,20H,3H2,1-2H3. The van der Waals surface area contributed by atoms with Crippen LogP contribution in [-0.4, -0.2) is 37.4 Å². The van der Waals surface area contributed by atoms with Crippen molar-refractivity contribution in [3.05, 3.63) is 41.4 Å². The van der Waals surface area contributed by atoms with Crippen molar-refractivity contribution in [1.29, 1.82) is 5.26 Å². The smallest absolute Gasteiger partial charge is 0.222 e. The third kappa shape index (κ3) is 3.13. The van der Waals surface area contributed by atoms with E-state index in [4.69, 9.17) is 11.6 Å². The lowest BCUT2D eigenvalue weighted by atomic mass is 10.0. The number of aromatic nitrogens is 2. The van der Waals surface area contributed by atoms with Gasteiger partial charge >= 0.3 is 0 Å². The van der Waals surface area contributed by atoms with E-state index in [-0.39, 0.29) is 15.9 Å². The number of anilines is 2. The van der Waals surface area contributed by atoms with Crippen molar-refractivity contribution in [2.24, 2.45) is 0 Å². The maximum Gasteiger partial charge on any atom is 0.222 e. The van der Waals surface area contributed by atoms with Crippen molar-refractivity contribution in [3.8, 4) is 6.07 Å². The summed E-state index contributed by atoms with van der Waals surface area (Å²) in [5, 5.41) is 13.0. The molecule has 0 spiro atoms. The van der Waals surface area contributed by atoms with Gasteiger partial charge in [0.25, 0.3) is 0 Å². The highest BCUT2D eigenvalue weighted by atomic mass is 35.5. The molecule has 3 rings (SSSR count). The highest BCUT2D eigenvalue weighted by molar-refractivity contribution is 7.90. The Balaban J connectivity index is 2.12. The van der Waals surface area contributed by atoms with Crippen LogP contribution in [0.3, 0.4) is 0 Å². The van der Waals surface area contributed by atoms with E-state index in [0.29, 0.717) is 6.54 Å². The van der Waals surface area contributed by atoms with Crippen molar-refractivity contribution in [3.63, 3.8) is 0 Å². The third-order valence-electron chi connectivity index (χ3n) is 4.10. The van der Waals surface area contributed by atoms with E-state index in [2.05, 4.69) is 21.4 Å². The molecule has 0 amide bonds. The molecule has 7 nitrogen and oxygen atoms in total. The fraction of sp³-hybridized carbons (Fsp3) is 0.312. The highest BCUT2D eigenvalue weighted by Gasteiger charge is 2.38. The molecule has 0 radical (unpaired) electrons. The zero-order valence-electron chi connectivity index (χ0n) is 13.6. The molecule has 0 fully saturated rings. The first kappa shape index (κ1) is 17.5. The van der Waals surface area contributed by atoms with Crippen LogP contribution >= 0.6 is 11.6 Å². The lowest BCUT2D eigenvalue weighted by Gasteiger charge is -2.29. The lowest BCUT2D eigenvalue weighted by Crippen LogP contribution is -2.41. The number of benzene rings is 1. The predicted octanol–water partition coefficient (Wildman–Crippen LogP) is 2.42. The van der Waals surface area contributed by atoms with Gasteiger partial charge in [-0.2, -0.15) is 5.26 Å². The molecule has 1 aromatic heterocycles. The maximum atomic E-state index is 12.1. The highest BCUT2D eigenvalue weighted by Crippen LogP contribution is 2.39. The zero-order valence-corrected chi connectivity index (χ0v) is 15.2. The predicted molar refractivity (Wildman–Crippen MR) is 95.4 cm³/mol. The molecule has 2 aromatic rings. The summed E-state index contributed by atoms with van der Waals surface area (Å²) in [7, 11) is -3.61. The van der Waals surface area contributed by atoms with Crippen LogP contribution in [0.4, 0.5) is 11.4 Å². The second-order valence-corrected chi connectivity index (χ2v) is 7.98. The second kappa shape index (κ2) is 6.50. The molecule has 2 unspecified atom stereocenters. The molecule has 0 bridgehead atoms. The van der Waals surface area contributed by atoms with E-state index in [0.717, 1.165) is 23.8 Å². The van der Waals surface area contributed by atoms with E-state index >= 15 is 0 Å². The van der Waals surface area contributed by atoms with Crippen molar-refractivity contribution >= 4 is 32.8 Å². The number of fused-ring (bicyclic) bond motifs is 1. The largest absolute Gasteiger partial charge is 0.362 e. The van der Waals surface area contributed by atoms with Crippen molar-refractivity contribution < 1.29 is 8.42 Å². The summed E-state index contributed by atoms with van der Waals surface area (Å²) in [4.78, 5) is 9.75. The number of sulfone groups is 1. The summed E-state index contributed by atoms with van der Waals surface area (Å²) in [5.74, 6) is -0.849. The molecule has 0 saturated heterocycles. The molecule has 130 valence electrons. The minimum absolute atomic E-state index is 0.0859. The van der Waals surface area contributed by atoms with Crippen LogP contribution in [0.2, 0.25) is 5.28 Å². The molecule has 9 heteroatoms. The van der Waals surface area contributed by atoms with Gasteiger partial charge in [-0.3, -0.25) is 0 Å². The summed E-state index contributed by atoms with van der Waals surface area (Å²) in [6.45, 7) is 2.61. The monoisotopic (exact) mass is 377 g/mol. The fourth-order valence-corrected chi connectivity index (χ4v) is 3.95. The number of halogens is 1. The van der Waals surface area contributed by atoms with Gasteiger partial charge in [0.1, 0.15) is 17.0 Å². The Hall–Kier alpha value is -2.37. The van der Waals surface area contributed by atoms with E-state index < -0.39 is 21.9 Å². The number of para-hydroxylation sites is 2. The topological polar surface area (TPSA) is 99.0 Å². The molecular formula is C16H16ClN5O2S. The molecular weight excluding hydrogens is 362 g/mol. The van der Waals surface area contributed by atoms with Gasteiger partial charge in [-0.05, 0) is 30.7 Å². The molecule has 2 atom stereocenters. The molecule has 25 heavy (non-hydrogen) atoms. The summed E-state index contributed by atoms with van der Waals surface area (Å²) in [5.41, 5.74) is 1.95. The number of nitrogens with zero attached hydrogens (tertiary/aromatic N) is 4. The quantitative estimate of drug-likeness (QED) is 0.816. The Kier molecular flexibility index (Phi) is 4.54. The van der Waals surface area contributed by atoms with Crippen molar-refractivity contribution in [2.45, 2.75) is 23.9 Å². The molecule has 1 N–H and O–H groups in total. The Morgan fingerprint density at radius 3 is 2.80 bits per heavy atom. The van der Waals surface area contributed by atoms with E-state index in [1.807, 2.05) is 36.1 Å². The Bertz CT molecular complexity index is 957. The van der Waals surface area contributed by atoms with Crippen LogP contribution in [0.15, 0.2) is 35.4 Å². The Morgan fingerprint density at radius 1 is 1.44 bits per heavy atom. The first-order valence-corrected chi connectivity index (χ1v) is 9.88. The first-order chi connectivity index (χ1) is 11.9. The number of hydrogen-bond acceptors (Lipinski definition) is 7. The fourth-order valence-electron chi connectivity index (χ4n) is 3.01. The minimum atomic E-state index is -3.61. The number of nitrogens with one attached hydrogen (secondary N) is 1. The van der Waals surface area contributed by atoms with Gasteiger partial charge in [0.15, 0.2) is 9.84 Å². The van der Waals surface area contributed by atoms with Gasteiger partial charge in [-0.1, -0.05) is 12.1 Å². The van der Waals surface area contributed by atoms with Gasteiger partial charge in [-0.25, -0.2) is 18.4 Å². The molecule has 0 saturated carbocycles. The zero-order chi connectivity index (χ0) is 18.2. The van der Waals surface area contributed by atoms with E-state index in [1.165, 1.54) is 0 Å². The molecule has 1 aliphatic rings. The van der Waals surface area contributed by atoms with Gasteiger partial charge in [-0.15, -0.1) is 0 Å². The molecule has 2 heterocycles. The molecule has 0 aliphatic carbocycles. The number of likely N-dealkylation sites (N-methyl/N-ethyl adjacent to an activating group) is 1. The van der Waals surface area contributed by atoms with Crippen LogP contribution in [0.1, 0.15) is 18.5 Å². The van der Waals surface area contributed by atoms with E-state index in [9.17, 15) is 13.7 Å². The summed E-state index contributed by atoms with van der Waals surface area (Å²) < 4.78 is 24.2. The summed E-state index contributed by atoms with van der Waals surface area (Å²) in [6, 6.07) is 9.85. The van der Waals surface area contributed by atoms with E-state index in [1.54, 1.807) is 0 Å². The third-order valence-corrected chi connectivity index (χ3v) is 5.39. The van der Waals surface area contributed by atoms with Crippen LogP contribution in [0.5, 0.6) is 0 Å². The van der Waals surface area contributed by atoms with Crippen LogP contribution in [0.25, 0.3) is 0 Å². The number of rotatable bonds is 4. The van der Waals surface area contributed by atoms with Crippen LogP contribution in [0, 0.1) is 11.3 Å². The normalized spacial score (nSPS) is 17.5. The van der Waals surface area contributed by atoms with Gasteiger partial charge in [0, 0.05) is 12.8 Å². The van der Waals surface area contributed by atoms with Crippen molar-refractivity contribution in [1.82, 2.24) is 9.97 Å². The Morgan fingerprint density at radius 2 is 2.16 bits per heavy atom. The minimum Gasteiger partial charge on any atom is -0.362 e. The van der Waals surface area contributed by atoms with Crippen LogP contribution in [-0.2, 0) is 9.84 Å². The van der Waals surface area contributed by atoms with Gasteiger partial charge in [0.2, 0.25) is 5.28 Å². The average Bonchev–Trinajstić information content (AvgIpc) is 2.92. The second-order valence-electron chi connectivity index (χ2n) is 5.66. The van der Waals surface area contributed by atoms with Gasteiger partial charge in [0.05, 0.1) is 29.3 Å². The lowest BCUT2D eigenvalue weighted by molar-refractivity contribution is 0.587. The van der Waals surface area contributed by atoms with Crippen LogP contribution < -0.4 is 10.2 Å². The Labute approximate surface area is 151 Å². The van der Waals surface area contributed by atoms with Crippen molar-refractivity contribution in [2.75, 3.05) is 23.0 Å². The number of hydrogen-bond donors (Lipinski definition) is 1. The molecule has 1 aliphatic heterocycles. The SMILES string of the molecule is CCN1c2ccccc2NC1C(C#N)c1nc(Cl)ncc1S(C)(=O)=O. The average molecular weight is 378 g/mol. The van der Waals surface area contributed by atoms with Gasteiger partial charge < -0.3 is 10.2 Å². The maximum absolute atomic E-state index is 12.1. The summed E-state index contributed by atoms with van der Waals surface area (Å²) >= 11 is 5.87. The number of nitriles is 1.